The van der Waals surface area contributed by atoms with Gasteiger partial charge in [-0.3, -0.25) is 24.6 Å². The molecule has 4 amide bonds. The molecule has 0 saturated carbocycles. The molecule has 3 aliphatic rings. The third-order valence-corrected chi connectivity index (χ3v) is 9.27. The number of carbonyl (C=O) groups is 3. The van der Waals surface area contributed by atoms with Crippen molar-refractivity contribution in [3.63, 3.8) is 0 Å². The molecule has 12 heteroatoms. The quantitative estimate of drug-likeness (QED) is 0.222. The number of imide groups is 1. The predicted molar refractivity (Wildman–Crippen MR) is 173 cm³/mol. The van der Waals surface area contributed by atoms with Crippen LogP contribution in [0.5, 0.6) is 5.75 Å². The van der Waals surface area contributed by atoms with Gasteiger partial charge < -0.3 is 18.9 Å². The second-order valence-corrected chi connectivity index (χ2v) is 11.8. The number of nitrogens with one attached hydrogen (secondary N) is 1. The Balaban J connectivity index is 0.00000372. The number of morpholine rings is 1. The van der Waals surface area contributed by atoms with Gasteiger partial charge in [0.1, 0.15) is 17.8 Å². The highest BCUT2D eigenvalue weighted by Crippen LogP contribution is 2.48. The maximum absolute atomic E-state index is 14.4. The van der Waals surface area contributed by atoms with E-state index in [-0.39, 0.29) is 30.9 Å². The molecule has 4 aromatic rings. The molecule has 7 rings (SSSR count). The molecular weight excluding hydrogens is 610 g/mol. The van der Waals surface area contributed by atoms with E-state index in [2.05, 4.69) is 9.47 Å². The number of amides is 4. The Bertz CT molecular complexity index is 1770. The molecule has 4 heterocycles. The summed E-state index contributed by atoms with van der Waals surface area (Å²) in [6.07, 6.45) is 0. The number of hydroxylamine groups is 1. The van der Waals surface area contributed by atoms with Crippen LogP contribution in [0.25, 0.3) is 10.9 Å². The zero-order valence-corrected chi connectivity index (χ0v) is 26.3. The Morgan fingerprint density at radius 2 is 1.76 bits per heavy atom. The van der Waals surface area contributed by atoms with Crippen LogP contribution < -0.4 is 10.2 Å². The van der Waals surface area contributed by atoms with E-state index in [9.17, 15) is 14.4 Å². The number of fused-ring (bicyclic) bond motifs is 6. The lowest BCUT2D eigenvalue weighted by atomic mass is 9.69. The zero-order valence-electron chi connectivity index (χ0n) is 25.5. The van der Waals surface area contributed by atoms with Crippen LogP contribution in [0.2, 0.25) is 0 Å². The molecule has 0 aliphatic carbocycles. The molecule has 1 unspecified atom stereocenters. The number of halogens is 1. The second kappa shape index (κ2) is 12.8. The highest BCUT2D eigenvalue weighted by molar-refractivity contribution is 6.09. The number of hydrogen-bond acceptors (Lipinski definition) is 7. The van der Waals surface area contributed by atoms with Gasteiger partial charge in [-0.25, -0.2) is 10.3 Å². The molecule has 2 bridgehead atoms. The number of carbonyl (C=O) groups excluding carboxylic acids is 3. The van der Waals surface area contributed by atoms with Gasteiger partial charge in [-0.05, 0) is 41.5 Å². The Morgan fingerprint density at radius 3 is 2.48 bits per heavy atom. The first kappa shape index (κ1) is 31.6. The van der Waals surface area contributed by atoms with Crippen molar-refractivity contribution in [2.45, 2.75) is 18.5 Å². The van der Waals surface area contributed by atoms with Gasteiger partial charge >= 0.3 is 6.03 Å². The summed E-state index contributed by atoms with van der Waals surface area (Å²) >= 11 is 0. The molecule has 0 radical (unpaired) electrons. The topological polar surface area (TPSA) is 117 Å². The second-order valence-electron chi connectivity index (χ2n) is 11.8. The van der Waals surface area contributed by atoms with Crippen molar-refractivity contribution in [1.29, 1.82) is 0 Å². The van der Waals surface area contributed by atoms with Crippen LogP contribution in [-0.2, 0) is 28.0 Å². The number of urea groups is 1. The fourth-order valence-corrected chi connectivity index (χ4v) is 7.00. The summed E-state index contributed by atoms with van der Waals surface area (Å²) < 4.78 is 13.9. The predicted octanol–water partition coefficient (Wildman–Crippen LogP) is 3.64. The van der Waals surface area contributed by atoms with Gasteiger partial charge in [0, 0.05) is 67.5 Å². The summed E-state index contributed by atoms with van der Waals surface area (Å²) in [6, 6.07) is 22.4. The minimum atomic E-state index is -1.10. The lowest BCUT2D eigenvalue weighted by Crippen LogP contribution is -2.65. The highest BCUT2D eigenvalue weighted by atomic mass is 35.5. The Labute approximate surface area is 272 Å². The number of rotatable bonds is 8. The molecule has 1 atom stereocenters. The maximum atomic E-state index is 14.4. The first-order valence-corrected chi connectivity index (χ1v) is 15.1. The van der Waals surface area contributed by atoms with E-state index in [0.717, 1.165) is 66.1 Å². The van der Waals surface area contributed by atoms with E-state index in [1.807, 2.05) is 60.7 Å². The number of likely N-dealkylation sites (N-methyl/N-ethyl adjacent to an activating group) is 1. The normalized spacial score (nSPS) is 19.5. The molecule has 2 N–H and O–H groups in total. The van der Waals surface area contributed by atoms with Gasteiger partial charge in [-0.1, -0.05) is 42.5 Å². The van der Waals surface area contributed by atoms with E-state index >= 15 is 0 Å². The van der Waals surface area contributed by atoms with Crippen LogP contribution in [-0.4, -0.2) is 95.4 Å². The molecule has 1 aromatic heterocycles. The average molecular weight is 646 g/mol. The minimum absolute atomic E-state index is 0. The van der Waals surface area contributed by atoms with Crippen LogP contribution in [0.4, 0.5) is 4.79 Å². The van der Waals surface area contributed by atoms with Crippen molar-refractivity contribution in [1.82, 2.24) is 24.7 Å². The van der Waals surface area contributed by atoms with Crippen molar-refractivity contribution in [2.75, 3.05) is 53.0 Å². The maximum Gasteiger partial charge on any atom is 0.326 e. The number of benzene rings is 3. The lowest BCUT2D eigenvalue weighted by Gasteiger charge is -2.49. The van der Waals surface area contributed by atoms with Crippen LogP contribution in [0, 0.1) is 0 Å². The number of nitrogens with zero attached hydrogens (tertiary/aromatic N) is 4. The van der Waals surface area contributed by atoms with Gasteiger partial charge in [-0.15, -0.1) is 12.4 Å². The van der Waals surface area contributed by atoms with Crippen molar-refractivity contribution in [3.05, 3.63) is 101 Å². The summed E-state index contributed by atoms with van der Waals surface area (Å²) in [5, 5.41) is 9.94. The molecule has 2 fully saturated rings. The number of aromatic nitrogens is 1. The lowest BCUT2D eigenvalue weighted by molar-refractivity contribution is -0.136. The molecule has 46 heavy (non-hydrogen) atoms. The molecule has 3 aliphatic heterocycles. The van der Waals surface area contributed by atoms with Crippen LogP contribution in [0.15, 0.2) is 72.8 Å². The highest BCUT2D eigenvalue weighted by Gasteiger charge is 2.56. The van der Waals surface area contributed by atoms with E-state index in [4.69, 9.17) is 14.7 Å². The average Bonchev–Trinajstić information content (AvgIpc) is 3.39. The van der Waals surface area contributed by atoms with Crippen molar-refractivity contribution in [2.24, 2.45) is 0 Å². The fraction of sp³-hybridized carbons (Fsp3) is 0.324. The van der Waals surface area contributed by atoms with Crippen molar-refractivity contribution < 1.29 is 29.1 Å². The molecular formula is C34H36ClN5O6. The Morgan fingerprint density at radius 1 is 1.02 bits per heavy atom. The first-order chi connectivity index (χ1) is 21.9. The molecule has 2 saturated heterocycles. The standard InChI is InChI=1S/C34H35N5O6.ClH/c1-36-32(41)34(25-5-3-2-4-6-25)22-38(33(36)42)21-29-30(34)27-19-26(45-18-15-37-13-16-44-17-14-37)11-12-28(27)39(29)20-23-7-9-24(10-8-23)31(40)35-43;/h2-12,19,43H,13-18,20-22H2,1H3,(H,35,40);1H. The van der Waals surface area contributed by atoms with E-state index in [1.54, 1.807) is 29.6 Å². The monoisotopic (exact) mass is 645 g/mol. The summed E-state index contributed by atoms with van der Waals surface area (Å²) in [7, 11) is 1.56. The third kappa shape index (κ3) is 5.28. The van der Waals surface area contributed by atoms with Gasteiger partial charge in [0.05, 0.1) is 19.8 Å². The Hall–Kier alpha value is -4.42. The number of hydrogen-bond donors (Lipinski definition) is 2. The van der Waals surface area contributed by atoms with Crippen LogP contribution >= 0.6 is 12.4 Å². The molecule has 0 spiro atoms. The summed E-state index contributed by atoms with van der Waals surface area (Å²) in [5.41, 5.74) is 5.35. The molecule has 240 valence electrons. The summed E-state index contributed by atoms with van der Waals surface area (Å²) in [4.78, 5) is 45.0. The molecule has 11 nitrogen and oxygen atoms in total. The summed E-state index contributed by atoms with van der Waals surface area (Å²) in [6.45, 7) is 5.57. The van der Waals surface area contributed by atoms with Crippen molar-refractivity contribution in [3.8, 4) is 5.75 Å². The van der Waals surface area contributed by atoms with Gasteiger partial charge in [-0.2, -0.15) is 0 Å². The van der Waals surface area contributed by atoms with Gasteiger partial charge in [0.2, 0.25) is 5.91 Å². The van der Waals surface area contributed by atoms with Gasteiger partial charge in [0.15, 0.2) is 0 Å². The van der Waals surface area contributed by atoms with E-state index in [0.29, 0.717) is 31.0 Å². The third-order valence-electron chi connectivity index (χ3n) is 9.27. The number of ether oxygens (including phenoxy) is 2. The fourth-order valence-electron chi connectivity index (χ4n) is 7.00. The van der Waals surface area contributed by atoms with Crippen LogP contribution in [0.3, 0.4) is 0 Å². The SMILES string of the molecule is CN1C(=O)N2Cc3c(c4cc(OCCN5CCOCC5)ccc4n3Cc3ccc(C(=O)NO)cc3)C(c3ccccc3)(C2)C1=O.Cl. The zero-order chi connectivity index (χ0) is 31.1. The van der Waals surface area contributed by atoms with Gasteiger partial charge in [0.25, 0.3) is 5.91 Å². The van der Waals surface area contributed by atoms with E-state index < -0.39 is 11.3 Å². The Kier molecular flexibility index (Phi) is 8.75. The van der Waals surface area contributed by atoms with E-state index in [1.165, 1.54) is 4.90 Å². The summed E-state index contributed by atoms with van der Waals surface area (Å²) in [5.74, 6) is -0.126. The van der Waals surface area contributed by atoms with Crippen LogP contribution in [0.1, 0.15) is 32.7 Å². The minimum Gasteiger partial charge on any atom is -0.492 e. The first-order valence-electron chi connectivity index (χ1n) is 15.1. The largest absolute Gasteiger partial charge is 0.492 e. The molecule has 3 aromatic carbocycles. The van der Waals surface area contributed by atoms with Crippen molar-refractivity contribution >= 4 is 41.2 Å². The smallest absolute Gasteiger partial charge is 0.326 e.